The van der Waals surface area contributed by atoms with Crippen LogP contribution in [0.2, 0.25) is 0 Å². The third-order valence-corrected chi connectivity index (χ3v) is 3.78. The maximum atomic E-state index is 12.9. The maximum absolute atomic E-state index is 12.9. The Morgan fingerprint density at radius 3 is 2.58 bits per heavy atom. The van der Waals surface area contributed by atoms with Crippen LogP contribution in [0.3, 0.4) is 0 Å². The first-order valence-electron chi connectivity index (χ1n) is 8.16. The molecule has 0 atom stereocenters. The predicted molar refractivity (Wildman–Crippen MR) is 93.3 cm³/mol. The molecule has 1 aromatic heterocycles. The highest BCUT2D eigenvalue weighted by molar-refractivity contribution is 5.94. The van der Waals surface area contributed by atoms with Crippen LogP contribution in [0.25, 0.3) is 11.4 Å². The van der Waals surface area contributed by atoms with E-state index in [-0.39, 0.29) is 11.7 Å². The highest BCUT2D eigenvalue weighted by atomic mass is 19.1. The van der Waals surface area contributed by atoms with Crippen LogP contribution in [0.4, 0.5) is 4.39 Å². The number of hydrogen-bond donors (Lipinski definition) is 1. The Morgan fingerprint density at radius 1 is 1.15 bits per heavy atom. The minimum absolute atomic E-state index is 0.148. The van der Waals surface area contributed by atoms with Crippen molar-refractivity contribution in [2.45, 2.75) is 12.8 Å². The molecule has 0 aliphatic rings. The van der Waals surface area contributed by atoms with Crippen LogP contribution in [0.1, 0.15) is 22.7 Å². The third-order valence-electron chi connectivity index (χ3n) is 3.78. The van der Waals surface area contributed by atoms with Crippen LogP contribution < -0.4 is 10.1 Å². The van der Waals surface area contributed by atoms with E-state index in [1.807, 2.05) is 0 Å². The van der Waals surface area contributed by atoms with Crippen molar-refractivity contribution in [2.24, 2.45) is 0 Å². The van der Waals surface area contributed by atoms with Crippen molar-refractivity contribution in [3.05, 3.63) is 65.8 Å². The van der Waals surface area contributed by atoms with Gasteiger partial charge in [-0.05, 0) is 55.0 Å². The van der Waals surface area contributed by atoms with Gasteiger partial charge in [-0.25, -0.2) is 4.39 Å². The molecular weight excluding hydrogens is 337 g/mol. The molecule has 3 rings (SSSR count). The number of rotatable bonds is 7. The van der Waals surface area contributed by atoms with E-state index in [2.05, 4.69) is 15.5 Å². The molecule has 0 spiro atoms. The van der Waals surface area contributed by atoms with Gasteiger partial charge < -0.3 is 14.6 Å². The Kier molecular flexibility index (Phi) is 5.58. The number of nitrogens with zero attached hydrogens (tertiary/aromatic N) is 2. The van der Waals surface area contributed by atoms with Crippen LogP contribution >= 0.6 is 0 Å². The van der Waals surface area contributed by atoms with Crippen molar-refractivity contribution >= 4 is 5.91 Å². The number of aromatic nitrogens is 2. The second-order valence-corrected chi connectivity index (χ2v) is 5.61. The Balaban J connectivity index is 1.46. The van der Waals surface area contributed by atoms with Gasteiger partial charge in [0.2, 0.25) is 11.7 Å². The lowest BCUT2D eigenvalue weighted by Crippen LogP contribution is -2.24. The van der Waals surface area contributed by atoms with Crippen LogP contribution in [0.5, 0.6) is 5.75 Å². The van der Waals surface area contributed by atoms with E-state index in [4.69, 9.17) is 9.26 Å². The number of benzene rings is 2. The van der Waals surface area contributed by atoms with E-state index >= 15 is 0 Å². The van der Waals surface area contributed by atoms with Gasteiger partial charge in [-0.3, -0.25) is 4.79 Å². The highest BCUT2D eigenvalue weighted by Gasteiger charge is 2.09. The average Bonchev–Trinajstić information content (AvgIpc) is 3.14. The third kappa shape index (κ3) is 4.44. The number of ether oxygens (including phenoxy) is 1. The number of amides is 1. The Hall–Kier alpha value is -3.22. The fraction of sp³-hybridized carbons (Fsp3) is 0.211. The molecule has 1 amide bonds. The summed E-state index contributed by atoms with van der Waals surface area (Å²) < 4.78 is 23.2. The molecule has 0 saturated heterocycles. The lowest BCUT2D eigenvalue weighted by Gasteiger charge is -2.05. The Morgan fingerprint density at radius 2 is 1.88 bits per heavy atom. The average molecular weight is 355 g/mol. The number of hydrogen-bond acceptors (Lipinski definition) is 5. The molecular formula is C19H18FN3O3. The molecule has 0 aliphatic carbocycles. The van der Waals surface area contributed by atoms with Gasteiger partial charge in [0.05, 0.1) is 7.11 Å². The minimum Gasteiger partial charge on any atom is -0.497 e. The SMILES string of the molecule is COc1ccc(C(=O)NCCCc2nc(-c3ccc(F)cc3)no2)cc1. The quantitative estimate of drug-likeness (QED) is 0.658. The van der Waals surface area contributed by atoms with Gasteiger partial charge >= 0.3 is 0 Å². The molecule has 0 radical (unpaired) electrons. The normalized spacial score (nSPS) is 10.5. The number of nitrogens with one attached hydrogen (secondary N) is 1. The van der Waals surface area contributed by atoms with Crippen LogP contribution in [-0.2, 0) is 6.42 Å². The molecule has 0 unspecified atom stereocenters. The van der Waals surface area contributed by atoms with E-state index in [9.17, 15) is 9.18 Å². The minimum atomic E-state index is -0.315. The van der Waals surface area contributed by atoms with Crippen LogP contribution in [-0.4, -0.2) is 29.7 Å². The first kappa shape index (κ1) is 17.6. The lowest BCUT2D eigenvalue weighted by atomic mass is 10.2. The first-order valence-corrected chi connectivity index (χ1v) is 8.16. The molecule has 1 N–H and O–H groups in total. The maximum Gasteiger partial charge on any atom is 0.251 e. The molecule has 0 saturated carbocycles. The van der Waals surface area contributed by atoms with Gasteiger partial charge in [-0.1, -0.05) is 5.16 Å². The van der Waals surface area contributed by atoms with Crippen molar-refractivity contribution in [3.8, 4) is 17.1 Å². The number of carbonyl (C=O) groups excluding carboxylic acids is 1. The predicted octanol–water partition coefficient (Wildman–Crippen LogP) is 3.25. The Labute approximate surface area is 150 Å². The molecule has 26 heavy (non-hydrogen) atoms. The lowest BCUT2D eigenvalue weighted by molar-refractivity contribution is 0.0953. The van der Waals surface area contributed by atoms with E-state index in [1.165, 1.54) is 12.1 Å². The summed E-state index contributed by atoms with van der Waals surface area (Å²) in [7, 11) is 1.58. The topological polar surface area (TPSA) is 77.2 Å². The number of halogens is 1. The summed E-state index contributed by atoms with van der Waals surface area (Å²) in [6.45, 7) is 0.485. The largest absolute Gasteiger partial charge is 0.497 e. The summed E-state index contributed by atoms with van der Waals surface area (Å²) in [5.41, 5.74) is 1.26. The van der Waals surface area contributed by atoms with Crippen molar-refractivity contribution in [3.63, 3.8) is 0 Å². The molecule has 7 heteroatoms. The molecule has 2 aromatic carbocycles. The Bertz CT molecular complexity index is 860. The molecule has 1 heterocycles. The molecule has 0 fully saturated rings. The van der Waals surface area contributed by atoms with Crippen molar-refractivity contribution < 1.29 is 18.4 Å². The summed E-state index contributed by atoms with van der Waals surface area (Å²) in [6.07, 6.45) is 1.20. The van der Waals surface area contributed by atoms with Gasteiger partial charge in [0.1, 0.15) is 11.6 Å². The molecule has 134 valence electrons. The van der Waals surface area contributed by atoms with E-state index in [0.29, 0.717) is 48.0 Å². The van der Waals surface area contributed by atoms with Gasteiger partial charge in [0.15, 0.2) is 0 Å². The summed E-state index contributed by atoms with van der Waals surface area (Å²) >= 11 is 0. The summed E-state index contributed by atoms with van der Waals surface area (Å²) in [5.74, 6) is 1.13. The second-order valence-electron chi connectivity index (χ2n) is 5.61. The van der Waals surface area contributed by atoms with Gasteiger partial charge in [-0.2, -0.15) is 4.98 Å². The summed E-state index contributed by atoms with van der Waals surface area (Å²) in [6, 6.07) is 12.8. The monoisotopic (exact) mass is 355 g/mol. The molecule has 0 bridgehead atoms. The number of aryl methyl sites for hydroxylation is 1. The number of methoxy groups -OCH3 is 1. The summed E-state index contributed by atoms with van der Waals surface area (Å²) in [5, 5.41) is 6.73. The van der Waals surface area contributed by atoms with Crippen molar-refractivity contribution in [1.29, 1.82) is 0 Å². The first-order chi connectivity index (χ1) is 12.7. The molecule has 3 aromatic rings. The van der Waals surface area contributed by atoms with Crippen molar-refractivity contribution in [2.75, 3.05) is 13.7 Å². The zero-order valence-electron chi connectivity index (χ0n) is 14.2. The van der Waals surface area contributed by atoms with Gasteiger partial charge in [-0.15, -0.1) is 0 Å². The van der Waals surface area contributed by atoms with Crippen LogP contribution in [0, 0.1) is 5.82 Å². The van der Waals surface area contributed by atoms with Crippen molar-refractivity contribution in [1.82, 2.24) is 15.5 Å². The van der Waals surface area contributed by atoms with E-state index in [0.717, 1.165) is 0 Å². The number of carbonyl (C=O) groups is 1. The molecule has 6 nitrogen and oxygen atoms in total. The zero-order chi connectivity index (χ0) is 18.4. The molecule has 0 aliphatic heterocycles. The van der Waals surface area contributed by atoms with E-state index < -0.39 is 0 Å². The standard InChI is InChI=1S/C19H18FN3O3/c1-25-16-10-6-14(7-11-16)19(24)21-12-2-3-17-22-18(23-26-17)13-4-8-15(20)9-5-13/h4-11H,2-3,12H2,1H3,(H,21,24). The highest BCUT2D eigenvalue weighted by Crippen LogP contribution is 2.16. The fourth-order valence-corrected chi connectivity index (χ4v) is 2.36. The smallest absolute Gasteiger partial charge is 0.251 e. The summed E-state index contributed by atoms with van der Waals surface area (Å²) in [4.78, 5) is 16.3. The second kappa shape index (κ2) is 8.24. The van der Waals surface area contributed by atoms with Crippen LogP contribution in [0.15, 0.2) is 53.1 Å². The van der Waals surface area contributed by atoms with E-state index in [1.54, 1.807) is 43.5 Å². The van der Waals surface area contributed by atoms with Gasteiger partial charge in [0, 0.05) is 24.1 Å². The van der Waals surface area contributed by atoms with Gasteiger partial charge in [0.25, 0.3) is 5.91 Å². The zero-order valence-corrected chi connectivity index (χ0v) is 14.2. The fourth-order valence-electron chi connectivity index (χ4n) is 2.36.